The van der Waals surface area contributed by atoms with E-state index in [4.69, 9.17) is 4.74 Å². The number of alkyl halides is 3. The van der Waals surface area contributed by atoms with Crippen molar-refractivity contribution in [2.75, 3.05) is 19.7 Å². The third-order valence-corrected chi connectivity index (χ3v) is 4.56. The minimum atomic E-state index is -4.40. The Labute approximate surface area is 183 Å². The van der Waals surface area contributed by atoms with Crippen LogP contribution in [0.3, 0.4) is 0 Å². The Hall–Kier alpha value is -1.63. The predicted octanol–water partition coefficient (Wildman–Crippen LogP) is 3.93. The number of rotatable bonds is 7. The van der Waals surface area contributed by atoms with Gasteiger partial charge in [0, 0.05) is 23.7 Å². The molecule has 2 aromatic rings. The highest BCUT2D eigenvalue weighted by atomic mass is 127. The van der Waals surface area contributed by atoms with Crippen LogP contribution in [-0.4, -0.2) is 35.6 Å². The van der Waals surface area contributed by atoms with E-state index in [1.165, 1.54) is 10.9 Å². The Morgan fingerprint density at radius 3 is 2.54 bits per heavy atom. The van der Waals surface area contributed by atoms with Crippen molar-refractivity contribution >= 4 is 41.3 Å². The molecule has 0 atom stereocenters. The molecule has 0 saturated heterocycles. The van der Waals surface area contributed by atoms with Crippen molar-refractivity contribution in [1.29, 1.82) is 0 Å². The topological polar surface area (TPSA) is 71.4 Å². The minimum absolute atomic E-state index is 0. The maximum atomic E-state index is 12.5. The molecule has 0 aromatic carbocycles. The van der Waals surface area contributed by atoms with E-state index in [1.54, 1.807) is 11.3 Å². The molecule has 0 radical (unpaired) electrons. The smallest absolute Gasteiger partial charge is 0.417 e. The average Bonchev–Trinajstić information content (AvgIpc) is 2.94. The molecule has 156 valence electrons. The van der Waals surface area contributed by atoms with Crippen molar-refractivity contribution in [2.24, 2.45) is 4.99 Å². The lowest BCUT2D eigenvalue weighted by Gasteiger charge is -2.12. The molecule has 28 heavy (non-hydrogen) atoms. The number of hydrogen-bond acceptors (Lipinski definition) is 5. The number of aliphatic imine (C=N–C) groups is 1. The second-order valence-electron chi connectivity index (χ2n) is 5.60. The molecule has 0 aliphatic heterocycles. The van der Waals surface area contributed by atoms with Gasteiger partial charge in [0.25, 0.3) is 0 Å². The zero-order valence-electron chi connectivity index (χ0n) is 15.8. The first-order valence-corrected chi connectivity index (χ1v) is 9.22. The van der Waals surface area contributed by atoms with E-state index in [2.05, 4.69) is 25.6 Å². The molecule has 0 bridgehead atoms. The normalized spacial score (nSPS) is 11.7. The first-order chi connectivity index (χ1) is 12.8. The van der Waals surface area contributed by atoms with Crippen LogP contribution in [-0.2, 0) is 12.7 Å². The number of pyridine rings is 1. The Bertz CT molecular complexity index is 746. The van der Waals surface area contributed by atoms with Crippen LogP contribution in [0.25, 0.3) is 0 Å². The van der Waals surface area contributed by atoms with Crippen LogP contribution >= 0.6 is 35.3 Å². The lowest BCUT2D eigenvalue weighted by Crippen LogP contribution is -2.39. The third kappa shape index (κ3) is 7.78. The van der Waals surface area contributed by atoms with Crippen LogP contribution in [0.5, 0.6) is 5.88 Å². The second kappa shape index (κ2) is 11.4. The standard InChI is InChI=1S/C17H22F3N5OS.HI/c1-4-21-16(24-10-15-25-11(2)12(3)27-15)22-7-8-26-14-6-5-13(9-23-14)17(18,19)20;/h5-6,9H,4,7-8,10H2,1-3H3,(H2,21,22,24);1H. The van der Waals surface area contributed by atoms with Gasteiger partial charge < -0.3 is 15.4 Å². The summed E-state index contributed by atoms with van der Waals surface area (Å²) in [5.74, 6) is 0.757. The van der Waals surface area contributed by atoms with Gasteiger partial charge in [0.15, 0.2) is 5.96 Å². The van der Waals surface area contributed by atoms with Gasteiger partial charge in [0.2, 0.25) is 5.88 Å². The molecule has 6 nitrogen and oxygen atoms in total. The number of nitrogens with one attached hydrogen (secondary N) is 2. The number of hydrogen-bond donors (Lipinski definition) is 2. The molecular formula is C17H23F3IN5OS. The van der Waals surface area contributed by atoms with Crippen molar-refractivity contribution < 1.29 is 17.9 Å². The summed E-state index contributed by atoms with van der Waals surface area (Å²) < 4.78 is 42.8. The fraction of sp³-hybridized carbons (Fsp3) is 0.471. The van der Waals surface area contributed by atoms with Gasteiger partial charge in [0.1, 0.15) is 11.6 Å². The number of thiazole rings is 1. The summed E-state index contributed by atoms with van der Waals surface area (Å²) in [6, 6.07) is 2.15. The van der Waals surface area contributed by atoms with Crippen LogP contribution < -0.4 is 15.4 Å². The molecule has 0 spiro atoms. The van der Waals surface area contributed by atoms with Gasteiger partial charge >= 0.3 is 6.18 Å². The van der Waals surface area contributed by atoms with Crippen molar-refractivity contribution in [3.8, 4) is 5.88 Å². The van der Waals surface area contributed by atoms with Crippen LogP contribution in [0.2, 0.25) is 0 Å². The van der Waals surface area contributed by atoms with E-state index in [0.29, 0.717) is 25.6 Å². The van der Waals surface area contributed by atoms with Crippen LogP contribution in [0.4, 0.5) is 13.2 Å². The summed E-state index contributed by atoms with van der Waals surface area (Å²) in [7, 11) is 0. The molecule has 0 fully saturated rings. The fourth-order valence-corrected chi connectivity index (χ4v) is 2.91. The van der Waals surface area contributed by atoms with Gasteiger partial charge in [-0.15, -0.1) is 35.3 Å². The molecule has 2 aromatic heterocycles. The van der Waals surface area contributed by atoms with E-state index in [0.717, 1.165) is 23.0 Å². The highest BCUT2D eigenvalue weighted by Gasteiger charge is 2.30. The van der Waals surface area contributed by atoms with Crippen LogP contribution in [0.1, 0.15) is 28.1 Å². The number of nitrogens with zero attached hydrogens (tertiary/aromatic N) is 3. The van der Waals surface area contributed by atoms with E-state index in [1.807, 2.05) is 20.8 Å². The number of halogens is 4. The molecule has 0 amide bonds. The molecule has 2 rings (SSSR count). The summed E-state index contributed by atoms with van der Waals surface area (Å²) >= 11 is 1.62. The predicted molar refractivity (Wildman–Crippen MR) is 115 cm³/mol. The molecule has 0 unspecified atom stereocenters. The number of aromatic nitrogens is 2. The average molecular weight is 529 g/mol. The Balaban J connectivity index is 0.00000392. The molecule has 0 aliphatic carbocycles. The molecule has 0 saturated carbocycles. The van der Waals surface area contributed by atoms with Gasteiger partial charge in [-0.1, -0.05) is 0 Å². The maximum Gasteiger partial charge on any atom is 0.417 e. The van der Waals surface area contributed by atoms with Gasteiger partial charge in [-0.2, -0.15) is 13.2 Å². The molecule has 2 N–H and O–H groups in total. The van der Waals surface area contributed by atoms with E-state index in [9.17, 15) is 13.2 Å². The number of ether oxygens (including phenoxy) is 1. The first-order valence-electron chi connectivity index (χ1n) is 8.40. The summed E-state index contributed by atoms with van der Waals surface area (Å²) in [6.07, 6.45) is -3.65. The highest BCUT2D eigenvalue weighted by Crippen LogP contribution is 2.29. The SMILES string of the molecule is CCNC(=NCc1nc(C)c(C)s1)NCCOc1ccc(C(F)(F)F)cn1.I. The summed E-state index contributed by atoms with van der Waals surface area (Å²) in [5.41, 5.74) is 0.211. The number of aryl methyl sites for hydroxylation is 2. The van der Waals surface area contributed by atoms with Crippen molar-refractivity contribution in [3.63, 3.8) is 0 Å². The maximum absolute atomic E-state index is 12.5. The summed E-state index contributed by atoms with van der Waals surface area (Å²) in [5, 5.41) is 7.16. The van der Waals surface area contributed by atoms with Crippen LogP contribution in [0, 0.1) is 13.8 Å². The third-order valence-electron chi connectivity index (χ3n) is 3.50. The van der Waals surface area contributed by atoms with Crippen molar-refractivity contribution in [1.82, 2.24) is 20.6 Å². The number of guanidine groups is 1. The van der Waals surface area contributed by atoms with Gasteiger partial charge in [-0.3, -0.25) is 0 Å². The highest BCUT2D eigenvalue weighted by molar-refractivity contribution is 14.0. The van der Waals surface area contributed by atoms with Gasteiger partial charge in [-0.25, -0.2) is 15.0 Å². The Morgan fingerprint density at radius 2 is 2.00 bits per heavy atom. The van der Waals surface area contributed by atoms with Crippen molar-refractivity contribution in [3.05, 3.63) is 39.5 Å². The largest absolute Gasteiger partial charge is 0.476 e. The quantitative estimate of drug-likeness (QED) is 0.246. The zero-order chi connectivity index (χ0) is 19.9. The monoisotopic (exact) mass is 529 g/mol. The minimum Gasteiger partial charge on any atom is -0.476 e. The van der Waals surface area contributed by atoms with E-state index >= 15 is 0 Å². The fourth-order valence-electron chi connectivity index (χ4n) is 2.05. The zero-order valence-corrected chi connectivity index (χ0v) is 18.9. The lowest BCUT2D eigenvalue weighted by molar-refractivity contribution is -0.137. The van der Waals surface area contributed by atoms with Crippen molar-refractivity contribution in [2.45, 2.75) is 33.5 Å². The Morgan fingerprint density at radius 1 is 1.25 bits per heavy atom. The van der Waals surface area contributed by atoms with Gasteiger partial charge in [-0.05, 0) is 26.8 Å². The Kier molecular flexibility index (Phi) is 9.93. The lowest BCUT2D eigenvalue weighted by atomic mass is 10.3. The van der Waals surface area contributed by atoms with Crippen LogP contribution in [0.15, 0.2) is 23.3 Å². The van der Waals surface area contributed by atoms with Gasteiger partial charge in [0.05, 0.1) is 24.3 Å². The summed E-state index contributed by atoms with van der Waals surface area (Å²) in [4.78, 5) is 13.8. The second-order valence-corrected chi connectivity index (χ2v) is 6.89. The molecule has 11 heteroatoms. The summed E-state index contributed by atoms with van der Waals surface area (Å²) in [6.45, 7) is 7.77. The first kappa shape index (κ1) is 24.4. The van der Waals surface area contributed by atoms with E-state index in [-0.39, 0.29) is 36.5 Å². The van der Waals surface area contributed by atoms with E-state index < -0.39 is 11.7 Å². The molecular weight excluding hydrogens is 506 g/mol. The molecule has 0 aliphatic rings. The molecule has 2 heterocycles.